The van der Waals surface area contributed by atoms with E-state index in [4.69, 9.17) is 4.74 Å². The van der Waals surface area contributed by atoms with Gasteiger partial charge in [-0.25, -0.2) is 9.78 Å². The molecule has 1 atom stereocenters. The molecule has 0 aliphatic carbocycles. The minimum absolute atomic E-state index is 0.370. The van der Waals surface area contributed by atoms with Crippen LogP contribution in [-0.2, 0) is 9.53 Å². The Morgan fingerprint density at radius 1 is 1.12 bits per heavy atom. The van der Waals surface area contributed by atoms with Crippen LogP contribution in [0.3, 0.4) is 0 Å². The summed E-state index contributed by atoms with van der Waals surface area (Å²) >= 11 is 2.18. The maximum atomic E-state index is 12.2. The molecule has 2 aromatic carbocycles. The average Bonchev–Trinajstić information content (AvgIpc) is 3.18. The number of ether oxygens (including phenoxy) is 1. The molecule has 0 bridgehead atoms. The number of H-pyrrole nitrogens is 1. The Morgan fingerprint density at radius 2 is 1.81 bits per heavy atom. The summed E-state index contributed by atoms with van der Waals surface area (Å²) in [5.74, 6) is -0.219. The normalized spacial score (nSPS) is 11.6. The van der Waals surface area contributed by atoms with Crippen molar-refractivity contribution in [2.75, 3.05) is 5.32 Å². The minimum Gasteiger partial charge on any atom is -0.449 e. The predicted octanol–water partition coefficient (Wildman–Crippen LogP) is 3.87. The van der Waals surface area contributed by atoms with Gasteiger partial charge in [0.15, 0.2) is 6.10 Å². The number of nitrogens with zero attached hydrogens (tertiary/aromatic N) is 1. The molecule has 2 N–H and O–H groups in total. The van der Waals surface area contributed by atoms with E-state index in [2.05, 4.69) is 37.9 Å². The Labute approximate surface area is 164 Å². The zero-order chi connectivity index (χ0) is 18.5. The van der Waals surface area contributed by atoms with E-state index in [1.165, 1.54) is 6.92 Å². The number of aromatic nitrogens is 2. The van der Waals surface area contributed by atoms with Crippen molar-refractivity contribution in [1.29, 1.82) is 0 Å². The molecule has 0 saturated carbocycles. The topological polar surface area (TPSA) is 84.1 Å². The standard InChI is InChI=1S/C19H16IN3O3/c1-12(18(24)23-16-8-6-15(20)7-9-16)26-19(25)14-4-2-13(3-5-14)17-21-10-11-22-17/h2-12H,1H3,(H,21,22)(H,23,24). The van der Waals surface area contributed by atoms with E-state index in [0.717, 1.165) is 15.0 Å². The van der Waals surface area contributed by atoms with Gasteiger partial charge in [0.2, 0.25) is 0 Å². The van der Waals surface area contributed by atoms with Gasteiger partial charge in [-0.1, -0.05) is 12.1 Å². The minimum atomic E-state index is -0.911. The fourth-order valence-electron chi connectivity index (χ4n) is 2.25. The molecule has 0 aliphatic rings. The number of aromatic amines is 1. The zero-order valence-corrected chi connectivity index (χ0v) is 16.1. The maximum Gasteiger partial charge on any atom is 0.338 e. The number of imidazole rings is 1. The second-order valence-corrected chi connectivity index (χ2v) is 6.80. The first-order chi connectivity index (χ1) is 12.5. The first-order valence-electron chi connectivity index (χ1n) is 7.90. The second kappa shape index (κ2) is 8.13. The van der Waals surface area contributed by atoms with Gasteiger partial charge in [0.1, 0.15) is 5.82 Å². The smallest absolute Gasteiger partial charge is 0.338 e. The number of anilines is 1. The lowest BCUT2D eigenvalue weighted by Gasteiger charge is -2.13. The molecule has 1 unspecified atom stereocenters. The molecule has 26 heavy (non-hydrogen) atoms. The highest BCUT2D eigenvalue weighted by atomic mass is 127. The van der Waals surface area contributed by atoms with Gasteiger partial charge >= 0.3 is 5.97 Å². The van der Waals surface area contributed by atoms with Crippen molar-refractivity contribution in [3.05, 3.63) is 70.1 Å². The maximum absolute atomic E-state index is 12.2. The number of hydrogen-bond donors (Lipinski definition) is 2. The van der Waals surface area contributed by atoms with Gasteiger partial charge < -0.3 is 15.0 Å². The third-order valence-electron chi connectivity index (χ3n) is 3.66. The van der Waals surface area contributed by atoms with Crippen LogP contribution in [0.4, 0.5) is 5.69 Å². The van der Waals surface area contributed by atoms with Crippen molar-refractivity contribution in [1.82, 2.24) is 9.97 Å². The molecule has 3 rings (SSSR count). The summed E-state index contributed by atoms with van der Waals surface area (Å²) in [5, 5.41) is 2.72. The molecule has 0 saturated heterocycles. The number of hydrogen-bond acceptors (Lipinski definition) is 4. The van der Waals surface area contributed by atoms with Crippen molar-refractivity contribution < 1.29 is 14.3 Å². The van der Waals surface area contributed by atoms with Gasteiger partial charge in [-0.15, -0.1) is 0 Å². The van der Waals surface area contributed by atoms with Crippen LogP contribution in [0.5, 0.6) is 0 Å². The van der Waals surface area contributed by atoms with Gasteiger partial charge in [-0.2, -0.15) is 0 Å². The van der Waals surface area contributed by atoms with Crippen molar-refractivity contribution in [2.24, 2.45) is 0 Å². The van der Waals surface area contributed by atoms with Crippen LogP contribution in [0, 0.1) is 3.57 Å². The summed E-state index contributed by atoms with van der Waals surface area (Å²) in [6.07, 6.45) is 2.48. The highest BCUT2D eigenvalue weighted by Crippen LogP contribution is 2.16. The lowest BCUT2D eigenvalue weighted by atomic mass is 10.1. The Kier molecular flexibility index (Phi) is 5.67. The molecular formula is C19H16IN3O3. The van der Waals surface area contributed by atoms with E-state index in [1.54, 1.807) is 48.8 Å². The Morgan fingerprint density at radius 3 is 2.42 bits per heavy atom. The highest BCUT2D eigenvalue weighted by molar-refractivity contribution is 14.1. The first kappa shape index (κ1) is 18.1. The van der Waals surface area contributed by atoms with Crippen molar-refractivity contribution in [3.8, 4) is 11.4 Å². The Hall–Kier alpha value is -2.68. The number of carbonyl (C=O) groups is 2. The Balaban J connectivity index is 1.59. The second-order valence-electron chi connectivity index (χ2n) is 5.56. The summed E-state index contributed by atoms with van der Waals surface area (Å²) in [6, 6.07) is 14.2. The molecule has 7 heteroatoms. The van der Waals surface area contributed by atoms with Crippen molar-refractivity contribution >= 4 is 40.2 Å². The molecule has 1 heterocycles. The largest absolute Gasteiger partial charge is 0.449 e. The van der Waals surface area contributed by atoms with E-state index < -0.39 is 12.1 Å². The van der Waals surface area contributed by atoms with Gasteiger partial charge in [-0.05, 0) is 65.9 Å². The van der Waals surface area contributed by atoms with Gasteiger partial charge in [0, 0.05) is 27.2 Å². The molecule has 0 spiro atoms. The molecule has 132 valence electrons. The molecule has 6 nitrogen and oxygen atoms in total. The molecule has 0 radical (unpaired) electrons. The van der Waals surface area contributed by atoms with Crippen molar-refractivity contribution in [3.63, 3.8) is 0 Å². The number of rotatable bonds is 5. The average molecular weight is 461 g/mol. The molecule has 0 aliphatic heterocycles. The number of benzene rings is 2. The predicted molar refractivity (Wildman–Crippen MR) is 107 cm³/mol. The fraction of sp³-hybridized carbons (Fsp3) is 0.105. The highest BCUT2D eigenvalue weighted by Gasteiger charge is 2.19. The number of nitrogens with one attached hydrogen (secondary N) is 2. The van der Waals surface area contributed by atoms with Crippen LogP contribution >= 0.6 is 22.6 Å². The van der Waals surface area contributed by atoms with Crippen LogP contribution in [-0.4, -0.2) is 27.9 Å². The third-order valence-corrected chi connectivity index (χ3v) is 4.38. The van der Waals surface area contributed by atoms with Crippen molar-refractivity contribution in [2.45, 2.75) is 13.0 Å². The first-order valence-corrected chi connectivity index (χ1v) is 8.98. The molecule has 1 aromatic heterocycles. The van der Waals surface area contributed by atoms with Crippen LogP contribution in [0.1, 0.15) is 17.3 Å². The van der Waals surface area contributed by atoms with Crippen LogP contribution in [0.2, 0.25) is 0 Å². The fourth-order valence-corrected chi connectivity index (χ4v) is 2.61. The zero-order valence-electron chi connectivity index (χ0n) is 13.9. The van der Waals surface area contributed by atoms with Crippen LogP contribution in [0.25, 0.3) is 11.4 Å². The summed E-state index contributed by atoms with van der Waals surface area (Å²) in [5.41, 5.74) is 1.88. The summed E-state index contributed by atoms with van der Waals surface area (Å²) in [4.78, 5) is 31.5. The van der Waals surface area contributed by atoms with Gasteiger partial charge in [0.25, 0.3) is 5.91 Å². The van der Waals surface area contributed by atoms with Crippen LogP contribution < -0.4 is 5.32 Å². The summed E-state index contributed by atoms with van der Waals surface area (Å²) < 4.78 is 6.32. The Bertz CT molecular complexity index is 891. The number of esters is 1. The van der Waals surface area contributed by atoms with E-state index in [9.17, 15) is 9.59 Å². The molecule has 0 fully saturated rings. The molecule has 1 amide bonds. The number of halogens is 1. The summed E-state index contributed by atoms with van der Waals surface area (Å²) in [6.45, 7) is 1.54. The van der Waals surface area contributed by atoms with E-state index in [1.807, 2.05) is 12.1 Å². The summed E-state index contributed by atoms with van der Waals surface area (Å²) in [7, 11) is 0. The lowest BCUT2D eigenvalue weighted by Crippen LogP contribution is -2.30. The van der Waals surface area contributed by atoms with E-state index in [0.29, 0.717) is 11.3 Å². The lowest BCUT2D eigenvalue weighted by molar-refractivity contribution is -0.123. The van der Waals surface area contributed by atoms with Gasteiger partial charge in [0.05, 0.1) is 5.56 Å². The van der Waals surface area contributed by atoms with Crippen LogP contribution in [0.15, 0.2) is 60.9 Å². The third kappa shape index (κ3) is 4.48. The quantitative estimate of drug-likeness (QED) is 0.447. The number of amides is 1. The number of carbonyl (C=O) groups excluding carboxylic acids is 2. The SMILES string of the molecule is CC(OC(=O)c1ccc(-c2ncc[nH]2)cc1)C(=O)Nc1ccc(I)cc1. The molecule has 3 aromatic rings. The van der Waals surface area contributed by atoms with E-state index in [-0.39, 0.29) is 5.91 Å². The molecular weight excluding hydrogens is 445 g/mol. The van der Waals surface area contributed by atoms with E-state index >= 15 is 0 Å². The monoisotopic (exact) mass is 461 g/mol. The van der Waals surface area contributed by atoms with Gasteiger partial charge in [-0.3, -0.25) is 4.79 Å².